The first kappa shape index (κ1) is 15.3. The fourth-order valence-electron chi connectivity index (χ4n) is 1.39. The van der Waals surface area contributed by atoms with Gasteiger partial charge < -0.3 is 5.32 Å². The fourth-order valence-corrected chi connectivity index (χ4v) is 2.17. The van der Waals surface area contributed by atoms with Crippen molar-refractivity contribution in [3.05, 3.63) is 56.0 Å². The van der Waals surface area contributed by atoms with Gasteiger partial charge in [0.1, 0.15) is 11.0 Å². The van der Waals surface area contributed by atoms with Crippen molar-refractivity contribution in [3.63, 3.8) is 0 Å². The van der Waals surface area contributed by atoms with E-state index in [2.05, 4.69) is 10.3 Å². The summed E-state index contributed by atoms with van der Waals surface area (Å²) in [6.45, 7) is 0. The molecule has 3 nitrogen and oxygen atoms in total. The van der Waals surface area contributed by atoms with Gasteiger partial charge >= 0.3 is 0 Å². The highest BCUT2D eigenvalue weighted by Crippen LogP contribution is 2.32. The van der Waals surface area contributed by atoms with Crippen LogP contribution in [-0.4, -0.2) is 10.9 Å². The third kappa shape index (κ3) is 3.33. The van der Waals surface area contributed by atoms with Crippen molar-refractivity contribution in [1.29, 1.82) is 0 Å². The van der Waals surface area contributed by atoms with Crippen LogP contribution in [0.4, 0.5) is 10.1 Å². The van der Waals surface area contributed by atoms with Crippen LogP contribution in [-0.2, 0) is 0 Å². The lowest BCUT2D eigenvalue weighted by Crippen LogP contribution is -2.13. The Kier molecular flexibility index (Phi) is 4.70. The molecule has 0 atom stereocenters. The Labute approximate surface area is 133 Å². The smallest absolute Gasteiger partial charge is 0.258 e. The second kappa shape index (κ2) is 6.14. The summed E-state index contributed by atoms with van der Waals surface area (Å²) < 4.78 is 13.1. The Morgan fingerprint density at radius 3 is 2.40 bits per heavy atom. The molecule has 8 heteroatoms. The maximum Gasteiger partial charge on any atom is 0.258 e. The number of nitrogens with zero attached hydrogens (tertiary/aromatic N) is 1. The van der Waals surface area contributed by atoms with Gasteiger partial charge in [0, 0.05) is 0 Å². The summed E-state index contributed by atoms with van der Waals surface area (Å²) in [7, 11) is 0. The standard InChI is InChI=1S/C12H5Cl4FN2O/c13-7-2-9(15)10(3-8(7)14)19-12(20)6-1-5(17)4-18-11(6)16/h1-4H,(H,19,20). The highest BCUT2D eigenvalue weighted by Gasteiger charge is 2.15. The minimum Gasteiger partial charge on any atom is -0.320 e. The molecule has 1 heterocycles. The van der Waals surface area contributed by atoms with Crippen LogP contribution in [0.3, 0.4) is 0 Å². The Balaban J connectivity index is 2.32. The van der Waals surface area contributed by atoms with E-state index >= 15 is 0 Å². The molecule has 104 valence electrons. The molecule has 0 radical (unpaired) electrons. The molecule has 0 aliphatic heterocycles. The summed E-state index contributed by atoms with van der Waals surface area (Å²) in [5.41, 5.74) is 0.111. The van der Waals surface area contributed by atoms with E-state index in [9.17, 15) is 9.18 Å². The van der Waals surface area contributed by atoms with Gasteiger partial charge in [0.05, 0.1) is 32.5 Å². The summed E-state index contributed by atoms with van der Waals surface area (Å²) in [5, 5.41) is 2.99. The van der Waals surface area contributed by atoms with Crippen molar-refractivity contribution in [2.24, 2.45) is 0 Å². The molecule has 0 saturated carbocycles. The van der Waals surface area contributed by atoms with Gasteiger partial charge in [0.15, 0.2) is 0 Å². The van der Waals surface area contributed by atoms with Gasteiger partial charge in [0.2, 0.25) is 0 Å². The largest absolute Gasteiger partial charge is 0.320 e. The Morgan fingerprint density at radius 2 is 1.70 bits per heavy atom. The predicted octanol–water partition coefficient (Wildman–Crippen LogP) is 5.09. The number of carbonyl (C=O) groups excluding carboxylic acids is 1. The highest BCUT2D eigenvalue weighted by atomic mass is 35.5. The molecular formula is C12H5Cl4FN2O. The molecule has 0 saturated heterocycles. The van der Waals surface area contributed by atoms with Crippen molar-refractivity contribution >= 4 is 58.0 Å². The Hall–Kier alpha value is -1.07. The first-order chi connectivity index (χ1) is 9.38. The number of nitrogens with one attached hydrogen (secondary N) is 1. The summed E-state index contributed by atoms with van der Waals surface area (Å²) in [4.78, 5) is 15.5. The quantitative estimate of drug-likeness (QED) is 0.603. The van der Waals surface area contributed by atoms with Crippen LogP contribution < -0.4 is 5.32 Å². The number of anilines is 1. The summed E-state index contributed by atoms with van der Waals surface area (Å²) in [6.07, 6.45) is 0.908. The second-order valence-corrected chi connectivity index (χ2v) is 5.27. The summed E-state index contributed by atoms with van der Waals surface area (Å²) in [5.74, 6) is -1.35. The van der Waals surface area contributed by atoms with Crippen LogP contribution in [0, 0.1) is 5.82 Å². The average molecular weight is 354 g/mol. The molecule has 1 aromatic heterocycles. The van der Waals surface area contributed by atoms with Crippen molar-refractivity contribution < 1.29 is 9.18 Å². The maximum atomic E-state index is 13.1. The highest BCUT2D eigenvalue weighted by molar-refractivity contribution is 6.44. The Morgan fingerprint density at radius 1 is 1.05 bits per heavy atom. The lowest BCUT2D eigenvalue weighted by atomic mass is 10.2. The topological polar surface area (TPSA) is 42.0 Å². The minimum absolute atomic E-state index is 0.117. The number of carbonyl (C=O) groups is 1. The van der Waals surface area contributed by atoms with Crippen LogP contribution in [0.15, 0.2) is 24.4 Å². The van der Waals surface area contributed by atoms with E-state index in [1.807, 2.05) is 0 Å². The number of rotatable bonds is 2. The SMILES string of the molecule is O=C(Nc1cc(Cl)c(Cl)cc1Cl)c1cc(F)cnc1Cl. The molecule has 1 aromatic carbocycles. The van der Waals surface area contributed by atoms with E-state index in [0.717, 1.165) is 12.3 Å². The Bertz CT molecular complexity index is 693. The number of hydrogen-bond acceptors (Lipinski definition) is 2. The van der Waals surface area contributed by atoms with Gasteiger partial charge in [-0.25, -0.2) is 9.37 Å². The number of amides is 1. The third-order valence-corrected chi connectivity index (χ3v) is 3.64. The van der Waals surface area contributed by atoms with Crippen LogP contribution in [0.5, 0.6) is 0 Å². The first-order valence-electron chi connectivity index (χ1n) is 5.15. The van der Waals surface area contributed by atoms with Crippen LogP contribution in [0.1, 0.15) is 10.4 Å². The van der Waals surface area contributed by atoms with E-state index in [0.29, 0.717) is 0 Å². The molecule has 0 spiro atoms. The van der Waals surface area contributed by atoms with Crippen molar-refractivity contribution in [3.8, 4) is 0 Å². The zero-order valence-corrected chi connectivity index (χ0v) is 12.6. The van der Waals surface area contributed by atoms with Crippen LogP contribution >= 0.6 is 46.4 Å². The molecule has 0 aliphatic rings. The second-order valence-electron chi connectivity index (χ2n) is 3.69. The first-order valence-corrected chi connectivity index (χ1v) is 6.66. The van der Waals surface area contributed by atoms with E-state index in [1.54, 1.807) is 0 Å². The molecular weight excluding hydrogens is 349 g/mol. The monoisotopic (exact) mass is 352 g/mol. The van der Waals surface area contributed by atoms with Gasteiger partial charge in [-0.1, -0.05) is 46.4 Å². The fraction of sp³-hybridized carbons (Fsp3) is 0. The number of aromatic nitrogens is 1. The lowest BCUT2D eigenvalue weighted by Gasteiger charge is -2.09. The van der Waals surface area contributed by atoms with E-state index in [1.165, 1.54) is 12.1 Å². The molecule has 0 unspecified atom stereocenters. The van der Waals surface area contributed by atoms with Crippen molar-refractivity contribution in [1.82, 2.24) is 4.98 Å². The van der Waals surface area contributed by atoms with E-state index in [-0.39, 0.29) is 31.5 Å². The molecule has 20 heavy (non-hydrogen) atoms. The minimum atomic E-state index is -0.681. The predicted molar refractivity (Wildman–Crippen MR) is 78.6 cm³/mol. The number of pyridine rings is 1. The summed E-state index contributed by atoms with van der Waals surface area (Å²) >= 11 is 23.3. The van der Waals surface area contributed by atoms with Gasteiger partial charge in [-0.2, -0.15) is 0 Å². The maximum absolute atomic E-state index is 13.1. The van der Waals surface area contributed by atoms with Crippen LogP contribution in [0.25, 0.3) is 0 Å². The molecule has 0 fully saturated rings. The van der Waals surface area contributed by atoms with Crippen LogP contribution in [0.2, 0.25) is 20.2 Å². The molecule has 0 bridgehead atoms. The number of benzene rings is 1. The molecule has 1 amide bonds. The average Bonchev–Trinajstić information content (AvgIpc) is 2.38. The molecule has 1 N–H and O–H groups in total. The van der Waals surface area contributed by atoms with E-state index in [4.69, 9.17) is 46.4 Å². The zero-order valence-electron chi connectivity index (χ0n) is 9.55. The van der Waals surface area contributed by atoms with Gasteiger partial charge in [-0.15, -0.1) is 0 Å². The zero-order chi connectivity index (χ0) is 14.9. The lowest BCUT2D eigenvalue weighted by molar-refractivity contribution is 0.102. The van der Waals surface area contributed by atoms with Crippen molar-refractivity contribution in [2.45, 2.75) is 0 Å². The number of halogens is 5. The molecule has 2 rings (SSSR count). The van der Waals surface area contributed by atoms with Gasteiger partial charge in [-0.3, -0.25) is 4.79 Å². The van der Waals surface area contributed by atoms with Gasteiger partial charge in [0.25, 0.3) is 5.91 Å². The molecule has 0 aliphatic carbocycles. The normalized spacial score (nSPS) is 10.4. The van der Waals surface area contributed by atoms with Crippen molar-refractivity contribution in [2.75, 3.05) is 5.32 Å². The van der Waals surface area contributed by atoms with E-state index < -0.39 is 11.7 Å². The van der Waals surface area contributed by atoms with Gasteiger partial charge in [-0.05, 0) is 18.2 Å². The molecule has 2 aromatic rings. The summed E-state index contributed by atoms with van der Waals surface area (Å²) in [6, 6.07) is 3.73. The third-order valence-electron chi connectivity index (χ3n) is 2.31. The number of hydrogen-bond donors (Lipinski definition) is 1.